The van der Waals surface area contributed by atoms with Crippen LogP contribution in [0, 0.1) is 23.2 Å². The number of fused-ring (bicyclic) bond motifs is 3. The fraction of sp³-hybridized carbons (Fsp3) is 0.541. The number of ether oxygens (including phenoxy) is 3. The molecule has 256 valence electrons. The van der Waals surface area contributed by atoms with Gasteiger partial charge in [-0.15, -0.1) is 11.3 Å². The number of hydrogen-bond donors (Lipinski definition) is 1. The maximum absolute atomic E-state index is 14.2. The van der Waals surface area contributed by atoms with E-state index in [9.17, 15) is 14.4 Å². The van der Waals surface area contributed by atoms with Gasteiger partial charge in [0, 0.05) is 54.9 Å². The van der Waals surface area contributed by atoms with Crippen molar-refractivity contribution in [3.63, 3.8) is 0 Å². The molecule has 11 heteroatoms. The number of pyridine rings is 1. The number of hydrogen-bond acceptors (Lipinski definition) is 10. The summed E-state index contributed by atoms with van der Waals surface area (Å²) in [6.07, 6.45) is 7.96. The van der Waals surface area contributed by atoms with E-state index in [1.165, 1.54) is 11.3 Å². The van der Waals surface area contributed by atoms with Crippen molar-refractivity contribution in [1.82, 2.24) is 14.9 Å². The van der Waals surface area contributed by atoms with Crippen molar-refractivity contribution in [3.05, 3.63) is 41.8 Å². The van der Waals surface area contributed by atoms with Crippen molar-refractivity contribution >= 4 is 45.0 Å². The summed E-state index contributed by atoms with van der Waals surface area (Å²) in [5.74, 6) is -0.234. The van der Waals surface area contributed by atoms with E-state index < -0.39 is 17.3 Å². The number of rotatable bonds is 8. The molecule has 10 nitrogen and oxygen atoms in total. The van der Waals surface area contributed by atoms with Crippen LogP contribution in [-0.4, -0.2) is 72.0 Å². The molecular formula is C37H46N4O6S. The quantitative estimate of drug-likeness (QED) is 0.206. The lowest BCUT2D eigenvalue weighted by molar-refractivity contribution is -0.152. The third-order valence-electron chi connectivity index (χ3n) is 9.87. The summed E-state index contributed by atoms with van der Waals surface area (Å²) in [5.41, 5.74) is 1.23. The third-order valence-corrected chi connectivity index (χ3v) is 10.6. The van der Waals surface area contributed by atoms with E-state index in [2.05, 4.69) is 31.3 Å². The molecule has 0 radical (unpaired) electrons. The maximum Gasteiger partial charge on any atom is 0.313 e. The first-order chi connectivity index (χ1) is 23.1. The van der Waals surface area contributed by atoms with Crippen molar-refractivity contribution in [2.45, 2.75) is 77.9 Å². The number of esters is 1. The summed E-state index contributed by atoms with van der Waals surface area (Å²) in [4.78, 5) is 52.7. The molecule has 0 bridgehead atoms. The number of allylic oxidation sites excluding steroid dienone is 2. The second kappa shape index (κ2) is 14.2. The predicted molar refractivity (Wildman–Crippen MR) is 186 cm³/mol. The Balaban J connectivity index is 1.32. The molecule has 5 atom stereocenters. The molecule has 3 heterocycles. The van der Waals surface area contributed by atoms with Crippen LogP contribution in [0.25, 0.3) is 22.3 Å². The number of thiazole rings is 1. The zero-order valence-electron chi connectivity index (χ0n) is 28.5. The maximum atomic E-state index is 14.2. The molecule has 48 heavy (non-hydrogen) atoms. The van der Waals surface area contributed by atoms with E-state index in [0.29, 0.717) is 48.5 Å². The molecule has 3 aromatic rings. The number of benzene rings is 1. The SMILES string of the molecule is CCOC(=O)[C@]12CC(=O)[C@@H]3C[C@@H](Oc4cc(-c5csc(NC(C)C)n5)nc5cc(OC)ccc45)C[C@H]3C(=O)N(C)CCCC/C=C\[C@@H]1C2. The molecule has 0 spiro atoms. The molecule has 2 aromatic heterocycles. The van der Waals surface area contributed by atoms with E-state index in [1.807, 2.05) is 36.7 Å². The van der Waals surface area contributed by atoms with Crippen LogP contribution in [0.1, 0.15) is 65.7 Å². The number of anilines is 1. The Morgan fingerprint density at radius 3 is 2.71 bits per heavy atom. The highest BCUT2D eigenvalue weighted by Crippen LogP contribution is 2.58. The average Bonchev–Trinajstić information content (AvgIpc) is 3.34. The summed E-state index contributed by atoms with van der Waals surface area (Å²) in [5, 5.41) is 6.93. The van der Waals surface area contributed by atoms with Gasteiger partial charge in [-0.1, -0.05) is 12.2 Å². The Kier molecular flexibility index (Phi) is 10.1. The fourth-order valence-electron chi connectivity index (χ4n) is 7.21. The Bertz CT molecular complexity index is 1700. The van der Waals surface area contributed by atoms with Crippen LogP contribution < -0.4 is 14.8 Å². The van der Waals surface area contributed by atoms with Crippen LogP contribution in [0.4, 0.5) is 5.13 Å². The molecule has 6 rings (SSSR count). The van der Waals surface area contributed by atoms with E-state index in [-0.39, 0.29) is 48.8 Å². The van der Waals surface area contributed by atoms with Gasteiger partial charge in [0.25, 0.3) is 0 Å². The number of amides is 1. The number of nitrogens with zero attached hydrogens (tertiary/aromatic N) is 3. The first kappa shape index (κ1) is 33.9. The zero-order valence-corrected chi connectivity index (χ0v) is 29.3. The van der Waals surface area contributed by atoms with Crippen LogP contribution in [0.2, 0.25) is 0 Å². The van der Waals surface area contributed by atoms with Gasteiger partial charge in [-0.2, -0.15) is 0 Å². The molecule has 1 N–H and O–H groups in total. The zero-order chi connectivity index (χ0) is 34.0. The van der Waals surface area contributed by atoms with Gasteiger partial charge >= 0.3 is 5.97 Å². The van der Waals surface area contributed by atoms with Gasteiger partial charge in [0.15, 0.2) is 5.13 Å². The van der Waals surface area contributed by atoms with Crippen LogP contribution >= 0.6 is 11.3 Å². The Hall–Kier alpha value is -3.99. The third kappa shape index (κ3) is 7.06. The largest absolute Gasteiger partial charge is 0.497 e. The lowest BCUT2D eigenvalue weighted by Gasteiger charge is -2.25. The number of methoxy groups -OCH3 is 1. The van der Waals surface area contributed by atoms with E-state index in [4.69, 9.17) is 24.2 Å². The highest BCUT2D eigenvalue weighted by Gasteiger charge is 2.61. The predicted octanol–water partition coefficient (Wildman–Crippen LogP) is 6.69. The summed E-state index contributed by atoms with van der Waals surface area (Å²) in [6.45, 7) is 6.82. The Labute approximate surface area is 286 Å². The minimum atomic E-state index is -0.849. The van der Waals surface area contributed by atoms with Crippen LogP contribution in [0.3, 0.4) is 0 Å². The highest BCUT2D eigenvalue weighted by molar-refractivity contribution is 7.14. The van der Waals surface area contributed by atoms with Gasteiger partial charge in [0.05, 0.1) is 36.3 Å². The minimum Gasteiger partial charge on any atom is -0.497 e. The summed E-state index contributed by atoms with van der Waals surface area (Å²) in [7, 11) is 3.44. The van der Waals surface area contributed by atoms with Crippen molar-refractivity contribution in [1.29, 1.82) is 0 Å². The summed E-state index contributed by atoms with van der Waals surface area (Å²) >= 11 is 1.52. The number of nitrogens with one attached hydrogen (secondary N) is 1. The van der Waals surface area contributed by atoms with Gasteiger partial charge in [-0.3, -0.25) is 14.4 Å². The first-order valence-corrected chi connectivity index (χ1v) is 18.0. The van der Waals surface area contributed by atoms with Gasteiger partial charge < -0.3 is 24.4 Å². The van der Waals surface area contributed by atoms with Crippen LogP contribution in [0.5, 0.6) is 11.5 Å². The lowest BCUT2D eigenvalue weighted by Crippen LogP contribution is -2.38. The molecule has 0 unspecified atom stereocenters. The monoisotopic (exact) mass is 674 g/mol. The van der Waals surface area contributed by atoms with Crippen LogP contribution in [-0.2, 0) is 19.1 Å². The molecule has 1 amide bonds. The number of aromatic nitrogens is 2. The van der Waals surface area contributed by atoms with Gasteiger partial charge in [0.2, 0.25) is 5.91 Å². The molecule has 2 saturated carbocycles. The van der Waals surface area contributed by atoms with Crippen LogP contribution in [0.15, 0.2) is 41.8 Å². The average molecular weight is 675 g/mol. The smallest absolute Gasteiger partial charge is 0.313 e. The second-order valence-electron chi connectivity index (χ2n) is 13.7. The van der Waals surface area contributed by atoms with Crippen molar-refractivity contribution in [2.75, 3.05) is 32.6 Å². The molecule has 3 aliphatic rings. The summed E-state index contributed by atoms with van der Waals surface area (Å²) < 4.78 is 17.7. The molecule has 1 aliphatic heterocycles. The normalized spacial score (nSPS) is 26.8. The van der Waals surface area contributed by atoms with E-state index in [0.717, 1.165) is 35.5 Å². The topological polar surface area (TPSA) is 120 Å². The summed E-state index contributed by atoms with van der Waals surface area (Å²) in [6, 6.07) is 7.80. The van der Waals surface area contributed by atoms with E-state index >= 15 is 0 Å². The molecule has 1 aromatic carbocycles. The van der Waals surface area contributed by atoms with Gasteiger partial charge in [-0.25, -0.2) is 9.97 Å². The van der Waals surface area contributed by atoms with Gasteiger partial charge in [0.1, 0.15) is 29.1 Å². The van der Waals surface area contributed by atoms with E-state index in [1.54, 1.807) is 18.9 Å². The number of ketones is 1. The standard InChI is InChI=1S/C37H46N4O6S/c1-6-46-35(44)37-19-23(37)11-9-7-8-10-14-41(4)34(43)28-16-25(15-27(28)32(42)20-37)47-33-18-30(31-21-48-36(40-31)38-22(2)3)39-29-17-24(45-5)12-13-26(29)33/h9,11-13,17-18,21-23,25,27-28H,6-8,10,14-16,19-20H2,1-5H3,(H,38,40)/b11-9-/t23-,25-,27-,28-,37-/m1/s1. The second-order valence-corrected chi connectivity index (χ2v) is 14.5. The van der Waals surface area contributed by atoms with Crippen molar-refractivity contribution < 1.29 is 28.6 Å². The Morgan fingerprint density at radius 2 is 1.94 bits per heavy atom. The molecular weight excluding hydrogens is 628 g/mol. The van der Waals surface area contributed by atoms with Gasteiger partial charge in [-0.05, 0) is 77.3 Å². The molecule has 2 fully saturated rings. The minimum absolute atomic E-state index is 0.0192. The van der Waals surface area contributed by atoms with Crippen molar-refractivity contribution in [3.8, 4) is 22.9 Å². The highest BCUT2D eigenvalue weighted by atomic mass is 32.1. The first-order valence-electron chi connectivity index (χ1n) is 17.1. The lowest BCUT2D eigenvalue weighted by atomic mass is 9.84. The number of carbonyl (C=O) groups excluding carboxylic acids is 3. The number of Topliss-reactive ketones (excluding diaryl/α,β-unsaturated/α-hetero) is 1. The Morgan fingerprint density at radius 1 is 1.12 bits per heavy atom. The molecule has 2 aliphatic carbocycles. The number of carbonyl (C=O) groups is 3. The molecule has 0 saturated heterocycles. The fourth-order valence-corrected chi connectivity index (χ4v) is 8.06. The van der Waals surface area contributed by atoms with Crippen molar-refractivity contribution in [2.24, 2.45) is 23.2 Å².